The van der Waals surface area contributed by atoms with Gasteiger partial charge in [-0.1, -0.05) is 55.6 Å². The zero-order chi connectivity index (χ0) is 11.7. The summed E-state index contributed by atoms with van der Waals surface area (Å²) >= 11 is 15.0. The molecule has 0 saturated heterocycles. The van der Waals surface area contributed by atoms with Gasteiger partial charge in [0.15, 0.2) is 0 Å². The molecule has 0 N–H and O–H groups in total. The Labute approximate surface area is 121 Å². The fraction of sp³-hybridized carbons (Fsp3) is 0.167. The number of aryl methyl sites for hydroxylation is 1. The van der Waals surface area contributed by atoms with E-state index in [-0.39, 0.29) is 4.83 Å². The quantitative estimate of drug-likeness (QED) is 0.564. The van der Waals surface area contributed by atoms with E-state index in [4.69, 9.17) is 11.6 Å². The number of hydrogen-bond acceptors (Lipinski definition) is 1. The highest BCUT2D eigenvalue weighted by molar-refractivity contribution is 9.10. The van der Waals surface area contributed by atoms with Gasteiger partial charge in [0.1, 0.15) is 0 Å². The molecule has 0 aliphatic heterocycles. The predicted molar refractivity (Wildman–Crippen MR) is 79.0 cm³/mol. The summed E-state index contributed by atoms with van der Waals surface area (Å²) < 4.78 is 1.13. The number of halogens is 3. The maximum Gasteiger partial charge on any atom is 0.0753 e. The standard InChI is InChI=1S/C12H9Br2ClS/c1-7-6-8(2-3-9(7)13)11(14)12-10(15)4-5-16-12/h2-6,11H,1H3. The second-order valence-corrected chi connectivity index (χ2v) is 6.63. The first-order valence-corrected chi connectivity index (χ1v) is 7.69. The van der Waals surface area contributed by atoms with Gasteiger partial charge in [-0.25, -0.2) is 0 Å². The lowest BCUT2D eigenvalue weighted by Crippen LogP contribution is -1.91. The molecule has 0 spiro atoms. The van der Waals surface area contributed by atoms with Crippen molar-refractivity contribution in [1.82, 2.24) is 0 Å². The molecule has 0 aliphatic carbocycles. The van der Waals surface area contributed by atoms with Gasteiger partial charge in [0.05, 0.1) is 9.85 Å². The van der Waals surface area contributed by atoms with E-state index in [0.717, 1.165) is 14.4 Å². The van der Waals surface area contributed by atoms with Gasteiger partial charge in [-0.2, -0.15) is 0 Å². The Balaban J connectivity index is 2.38. The van der Waals surface area contributed by atoms with Crippen LogP contribution in [0, 0.1) is 6.92 Å². The Morgan fingerprint density at radius 3 is 2.62 bits per heavy atom. The van der Waals surface area contributed by atoms with Crippen molar-refractivity contribution in [3.63, 3.8) is 0 Å². The Kier molecular flexibility index (Phi) is 4.11. The lowest BCUT2D eigenvalue weighted by molar-refractivity contribution is 1.20. The number of hydrogen-bond donors (Lipinski definition) is 0. The zero-order valence-corrected chi connectivity index (χ0v) is 13.3. The second kappa shape index (κ2) is 5.21. The molecule has 0 bridgehead atoms. The van der Waals surface area contributed by atoms with Gasteiger partial charge in [-0.15, -0.1) is 11.3 Å². The van der Waals surface area contributed by atoms with E-state index >= 15 is 0 Å². The Morgan fingerprint density at radius 2 is 2.06 bits per heavy atom. The summed E-state index contributed by atoms with van der Waals surface area (Å²) in [6, 6.07) is 8.27. The van der Waals surface area contributed by atoms with Crippen LogP contribution in [-0.2, 0) is 0 Å². The third kappa shape index (κ3) is 2.53. The number of rotatable bonds is 2. The first-order valence-electron chi connectivity index (χ1n) is 4.72. The second-order valence-electron chi connectivity index (χ2n) is 3.50. The molecule has 2 aromatic rings. The van der Waals surface area contributed by atoms with Crippen LogP contribution in [0.25, 0.3) is 0 Å². The van der Waals surface area contributed by atoms with E-state index in [1.54, 1.807) is 11.3 Å². The zero-order valence-electron chi connectivity index (χ0n) is 8.51. The molecule has 0 fully saturated rings. The van der Waals surface area contributed by atoms with Crippen molar-refractivity contribution in [2.24, 2.45) is 0 Å². The topological polar surface area (TPSA) is 0 Å². The van der Waals surface area contributed by atoms with Crippen molar-refractivity contribution >= 4 is 54.8 Å². The van der Waals surface area contributed by atoms with Crippen molar-refractivity contribution in [1.29, 1.82) is 0 Å². The summed E-state index contributed by atoms with van der Waals surface area (Å²) in [6.45, 7) is 2.09. The van der Waals surface area contributed by atoms with E-state index in [9.17, 15) is 0 Å². The van der Waals surface area contributed by atoms with Gasteiger partial charge in [0.25, 0.3) is 0 Å². The van der Waals surface area contributed by atoms with Gasteiger partial charge >= 0.3 is 0 Å². The van der Waals surface area contributed by atoms with Crippen molar-refractivity contribution in [2.75, 3.05) is 0 Å². The van der Waals surface area contributed by atoms with Gasteiger partial charge in [-0.3, -0.25) is 0 Å². The summed E-state index contributed by atoms with van der Waals surface area (Å²) in [4.78, 5) is 1.33. The van der Waals surface area contributed by atoms with Crippen LogP contribution in [-0.4, -0.2) is 0 Å². The van der Waals surface area contributed by atoms with Gasteiger partial charge in [-0.05, 0) is 35.6 Å². The molecule has 1 aromatic carbocycles. The first kappa shape index (κ1) is 12.6. The van der Waals surface area contributed by atoms with E-state index < -0.39 is 0 Å². The normalized spacial score (nSPS) is 12.8. The molecule has 0 aliphatic rings. The van der Waals surface area contributed by atoms with Crippen molar-refractivity contribution in [2.45, 2.75) is 11.8 Å². The third-order valence-electron chi connectivity index (χ3n) is 2.35. The molecule has 0 radical (unpaired) electrons. The number of benzene rings is 1. The molecule has 84 valence electrons. The van der Waals surface area contributed by atoms with Crippen LogP contribution in [0.1, 0.15) is 20.8 Å². The molecule has 0 amide bonds. The fourth-order valence-electron chi connectivity index (χ4n) is 1.46. The van der Waals surface area contributed by atoms with Crippen LogP contribution < -0.4 is 0 Å². The van der Waals surface area contributed by atoms with Crippen LogP contribution in [0.2, 0.25) is 5.02 Å². The molecule has 1 heterocycles. The summed E-state index contributed by atoms with van der Waals surface area (Å²) in [5.41, 5.74) is 2.46. The van der Waals surface area contributed by atoms with Gasteiger partial charge in [0, 0.05) is 9.35 Å². The molecular weight excluding hydrogens is 371 g/mol. The monoisotopic (exact) mass is 378 g/mol. The molecule has 2 rings (SSSR count). The molecule has 4 heteroatoms. The summed E-state index contributed by atoms with van der Waals surface area (Å²) in [5.74, 6) is 0. The molecule has 16 heavy (non-hydrogen) atoms. The molecule has 0 nitrogen and oxygen atoms in total. The van der Waals surface area contributed by atoms with Crippen LogP contribution in [0.3, 0.4) is 0 Å². The predicted octanol–water partition coefficient (Wildman–Crippen LogP) is 5.96. The Bertz CT molecular complexity index is 507. The minimum absolute atomic E-state index is 0.173. The average molecular weight is 381 g/mol. The summed E-state index contributed by atoms with van der Waals surface area (Å²) in [6.07, 6.45) is 0. The number of alkyl halides is 1. The van der Waals surface area contributed by atoms with Crippen molar-refractivity contribution in [3.05, 3.63) is 55.1 Å². The average Bonchev–Trinajstić information content (AvgIpc) is 2.67. The third-order valence-corrected chi connectivity index (χ3v) is 5.95. The Morgan fingerprint density at radius 1 is 1.31 bits per heavy atom. The molecule has 1 aromatic heterocycles. The van der Waals surface area contributed by atoms with Crippen LogP contribution in [0.5, 0.6) is 0 Å². The summed E-state index contributed by atoms with van der Waals surface area (Å²) in [5, 5.41) is 2.84. The van der Waals surface area contributed by atoms with Crippen molar-refractivity contribution < 1.29 is 0 Å². The first-order chi connectivity index (χ1) is 7.59. The maximum atomic E-state index is 6.13. The molecular formula is C12H9Br2ClS. The lowest BCUT2D eigenvalue weighted by Gasteiger charge is -2.10. The van der Waals surface area contributed by atoms with E-state index in [2.05, 4.69) is 57.0 Å². The molecule has 0 saturated carbocycles. The fourth-order valence-corrected chi connectivity index (χ4v) is 3.86. The maximum absolute atomic E-state index is 6.13. The van der Waals surface area contributed by atoms with E-state index in [0.29, 0.717) is 0 Å². The number of thiophene rings is 1. The molecule has 1 atom stereocenters. The van der Waals surface area contributed by atoms with Crippen LogP contribution >= 0.6 is 54.8 Å². The Hall–Kier alpha value is 0.170. The highest BCUT2D eigenvalue weighted by Crippen LogP contribution is 2.39. The van der Waals surface area contributed by atoms with E-state index in [1.165, 1.54) is 11.1 Å². The SMILES string of the molecule is Cc1cc(C(Br)c2sccc2Cl)ccc1Br. The minimum Gasteiger partial charge on any atom is -0.146 e. The van der Waals surface area contributed by atoms with Gasteiger partial charge < -0.3 is 0 Å². The van der Waals surface area contributed by atoms with E-state index in [1.807, 2.05) is 11.4 Å². The smallest absolute Gasteiger partial charge is 0.0753 e. The van der Waals surface area contributed by atoms with Gasteiger partial charge in [0.2, 0.25) is 0 Å². The lowest BCUT2D eigenvalue weighted by atomic mass is 10.1. The largest absolute Gasteiger partial charge is 0.146 e. The highest BCUT2D eigenvalue weighted by atomic mass is 79.9. The summed E-state index contributed by atoms with van der Waals surface area (Å²) in [7, 11) is 0. The highest BCUT2D eigenvalue weighted by Gasteiger charge is 2.15. The molecule has 1 unspecified atom stereocenters. The van der Waals surface area contributed by atoms with Crippen molar-refractivity contribution in [3.8, 4) is 0 Å². The van der Waals surface area contributed by atoms with Crippen LogP contribution in [0.15, 0.2) is 34.1 Å². The van der Waals surface area contributed by atoms with Crippen LogP contribution in [0.4, 0.5) is 0 Å². The minimum atomic E-state index is 0.173.